The van der Waals surface area contributed by atoms with E-state index < -0.39 is 6.72 Å². The molecule has 84 valence electrons. The molecule has 0 radical (unpaired) electrons. The first-order valence-corrected chi connectivity index (χ1v) is 6.75. The number of ether oxygens (including phenoxy) is 1. The van der Waals surface area contributed by atoms with Crippen molar-refractivity contribution < 1.29 is 19.0 Å². The smallest absolute Gasteiger partial charge is 0.376 e. The molecule has 0 unspecified atom stereocenters. The minimum atomic E-state index is -3.74. The number of aromatic nitrogens is 2. The van der Waals surface area contributed by atoms with Gasteiger partial charge in [-0.3, -0.25) is 0 Å². The van der Waals surface area contributed by atoms with Crippen molar-refractivity contribution in [2.45, 2.75) is 20.0 Å². The van der Waals surface area contributed by atoms with Crippen molar-refractivity contribution in [3.63, 3.8) is 0 Å². The Hall–Kier alpha value is -0.750. The van der Waals surface area contributed by atoms with E-state index in [2.05, 4.69) is 26.5 Å². The Morgan fingerprint density at radius 2 is 1.80 bits per heavy atom. The van der Waals surface area contributed by atoms with Gasteiger partial charge in [-0.2, -0.15) is 0 Å². The van der Waals surface area contributed by atoms with Crippen LogP contribution >= 0.6 is 6.72 Å². The van der Waals surface area contributed by atoms with Crippen molar-refractivity contribution in [2.24, 2.45) is 0 Å². The van der Waals surface area contributed by atoms with Gasteiger partial charge in [-0.05, 0) is 13.8 Å². The maximum absolute atomic E-state index is 8.85. The van der Waals surface area contributed by atoms with E-state index in [1.54, 1.807) is 0 Å². The fourth-order valence-corrected chi connectivity index (χ4v) is 1.35. The van der Waals surface area contributed by atoms with Gasteiger partial charge in [0.1, 0.15) is 0 Å². The minimum absolute atomic E-state index is 0.00713. The second-order valence-corrected chi connectivity index (χ2v) is 5.55. The summed E-state index contributed by atoms with van der Waals surface area (Å²) in [4.78, 5) is 17.7. The van der Waals surface area contributed by atoms with Crippen LogP contribution in [0, 0.1) is 0 Å². The molecule has 2 N–H and O–H groups in total. The summed E-state index contributed by atoms with van der Waals surface area (Å²) in [5.41, 5.74) is 0. The number of nitrogens with zero attached hydrogens (tertiary/aromatic N) is 2. The zero-order valence-corrected chi connectivity index (χ0v) is 9.90. The topological polar surface area (TPSA) is 84.7 Å². The third-order valence-corrected chi connectivity index (χ3v) is 1.83. The average Bonchev–Trinajstić information content (AvgIpc) is 2.05. The van der Waals surface area contributed by atoms with Crippen molar-refractivity contribution in [1.82, 2.24) is 10.2 Å². The summed E-state index contributed by atoms with van der Waals surface area (Å²) in [5, 5.41) is 7.22. The Balaban J connectivity index is 2.68. The van der Waals surface area contributed by atoms with E-state index >= 15 is 0 Å². The van der Waals surface area contributed by atoms with Crippen molar-refractivity contribution >= 4 is 18.5 Å². The molecule has 0 aliphatic carbocycles. The standard InChI is InChI=1S/C7H11N2O4PS/c1-5(2)12-6-3-4-7(9-8-6)13-14(10,11)15/h3-5H,1-2H3,(H2,10,11,15). The van der Waals surface area contributed by atoms with E-state index in [-0.39, 0.29) is 12.0 Å². The van der Waals surface area contributed by atoms with E-state index in [4.69, 9.17) is 14.5 Å². The van der Waals surface area contributed by atoms with Crippen LogP contribution in [0.5, 0.6) is 11.8 Å². The third-order valence-electron chi connectivity index (χ3n) is 1.18. The van der Waals surface area contributed by atoms with Crippen LogP contribution in [-0.2, 0) is 11.8 Å². The Morgan fingerprint density at radius 1 is 1.27 bits per heavy atom. The second kappa shape index (κ2) is 4.85. The zero-order valence-electron chi connectivity index (χ0n) is 8.19. The molecule has 0 amide bonds. The van der Waals surface area contributed by atoms with Crippen molar-refractivity contribution in [3.8, 4) is 11.8 Å². The first-order chi connectivity index (χ1) is 6.87. The van der Waals surface area contributed by atoms with Crippen molar-refractivity contribution in [3.05, 3.63) is 12.1 Å². The largest absolute Gasteiger partial charge is 0.474 e. The van der Waals surface area contributed by atoms with Gasteiger partial charge in [-0.1, -0.05) is 0 Å². The summed E-state index contributed by atoms with van der Waals surface area (Å²) >= 11 is 4.27. The van der Waals surface area contributed by atoms with Crippen LogP contribution < -0.4 is 9.26 Å². The van der Waals surface area contributed by atoms with Crippen LogP contribution in [0.3, 0.4) is 0 Å². The molecule has 0 saturated carbocycles. The molecular weight excluding hydrogens is 239 g/mol. The molecule has 0 bridgehead atoms. The van der Waals surface area contributed by atoms with Gasteiger partial charge in [-0.15, -0.1) is 10.2 Å². The maximum atomic E-state index is 8.85. The Kier molecular flexibility index (Phi) is 3.98. The summed E-state index contributed by atoms with van der Waals surface area (Å²) in [6.07, 6.45) is -0.00713. The third kappa shape index (κ3) is 5.03. The molecule has 1 rings (SSSR count). The lowest BCUT2D eigenvalue weighted by Gasteiger charge is -2.10. The average molecular weight is 250 g/mol. The summed E-state index contributed by atoms with van der Waals surface area (Å²) in [7, 11) is 0. The molecule has 0 atom stereocenters. The van der Waals surface area contributed by atoms with Crippen LogP contribution in [0.4, 0.5) is 0 Å². The first-order valence-electron chi connectivity index (χ1n) is 4.12. The van der Waals surface area contributed by atoms with Gasteiger partial charge < -0.3 is 19.0 Å². The summed E-state index contributed by atoms with van der Waals surface area (Å²) in [5.74, 6) is 0.293. The van der Waals surface area contributed by atoms with Crippen molar-refractivity contribution in [2.75, 3.05) is 0 Å². The van der Waals surface area contributed by atoms with Gasteiger partial charge in [0.05, 0.1) is 6.10 Å². The molecular formula is C7H11N2O4PS. The van der Waals surface area contributed by atoms with Crippen LogP contribution in [0.1, 0.15) is 13.8 Å². The minimum Gasteiger partial charge on any atom is -0.474 e. The van der Waals surface area contributed by atoms with E-state index in [9.17, 15) is 0 Å². The van der Waals surface area contributed by atoms with Crippen molar-refractivity contribution in [1.29, 1.82) is 0 Å². The predicted octanol–water partition coefficient (Wildman–Crippen LogP) is 0.852. The molecule has 1 heterocycles. The van der Waals surface area contributed by atoms with Crippen LogP contribution in [0.2, 0.25) is 0 Å². The lowest BCUT2D eigenvalue weighted by atomic mass is 10.5. The quantitative estimate of drug-likeness (QED) is 0.766. The lowest BCUT2D eigenvalue weighted by Crippen LogP contribution is -2.07. The fourth-order valence-electron chi connectivity index (χ4n) is 0.783. The van der Waals surface area contributed by atoms with Gasteiger partial charge in [0.2, 0.25) is 11.8 Å². The highest BCUT2D eigenvalue weighted by Crippen LogP contribution is 2.36. The highest BCUT2D eigenvalue weighted by molar-refractivity contribution is 8.06. The first kappa shape index (κ1) is 12.3. The molecule has 0 spiro atoms. The molecule has 15 heavy (non-hydrogen) atoms. The number of hydrogen-bond donors (Lipinski definition) is 2. The Bertz CT molecular complexity index is 364. The molecule has 0 aliphatic rings. The molecule has 0 aromatic carbocycles. The van der Waals surface area contributed by atoms with Gasteiger partial charge in [0.15, 0.2) is 0 Å². The number of rotatable bonds is 4. The summed E-state index contributed by atoms with van der Waals surface area (Å²) in [6, 6.07) is 2.91. The molecule has 0 saturated heterocycles. The Labute approximate surface area is 92.1 Å². The Morgan fingerprint density at radius 3 is 2.20 bits per heavy atom. The van der Waals surface area contributed by atoms with E-state index in [1.807, 2.05) is 13.8 Å². The SMILES string of the molecule is CC(C)Oc1ccc(OP(O)(O)=S)nn1. The highest BCUT2D eigenvalue weighted by atomic mass is 32.5. The molecule has 8 heteroatoms. The van der Waals surface area contributed by atoms with Gasteiger partial charge in [0.25, 0.3) is 0 Å². The van der Waals surface area contributed by atoms with Gasteiger partial charge >= 0.3 is 6.72 Å². The maximum Gasteiger partial charge on any atom is 0.376 e. The molecule has 0 fully saturated rings. The molecule has 0 aliphatic heterocycles. The van der Waals surface area contributed by atoms with E-state index in [1.165, 1.54) is 12.1 Å². The predicted molar refractivity (Wildman–Crippen MR) is 57.1 cm³/mol. The van der Waals surface area contributed by atoms with Gasteiger partial charge in [0, 0.05) is 23.9 Å². The van der Waals surface area contributed by atoms with Crippen LogP contribution in [-0.4, -0.2) is 26.1 Å². The molecule has 1 aromatic heterocycles. The monoisotopic (exact) mass is 250 g/mol. The summed E-state index contributed by atoms with van der Waals surface area (Å²) in [6.45, 7) is -0.0312. The zero-order chi connectivity index (χ0) is 11.5. The second-order valence-electron chi connectivity index (χ2n) is 2.96. The number of hydrogen-bond acceptors (Lipinski definition) is 5. The van der Waals surface area contributed by atoms with Gasteiger partial charge in [-0.25, -0.2) is 0 Å². The fraction of sp³-hybridized carbons (Fsp3) is 0.429. The van der Waals surface area contributed by atoms with E-state index in [0.29, 0.717) is 5.88 Å². The van der Waals surface area contributed by atoms with E-state index in [0.717, 1.165) is 0 Å². The lowest BCUT2D eigenvalue weighted by molar-refractivity contribution is 0.229. The molecule has 1 aromatic rings. The highest BCUT2D eigenvalue weighted by Gasteiger charge is 2.11. The van der Waals surface area contributed by atoms with Crippen LogP contribution in [0.25, 0.3) is 0 Å². The summed E-state index contributed by atoms with van der Waals surface area (Å²) < 4.78 is 9.80. The van der Waals surface area contributed by atoms with Crippen LogP contribution in [0.15, 0.2) is 12.1 Å². The normalized spacial score (nSPS) is 11.5. The molecule has 6 nitrogen and oxygen atoms in total.